The van der Waals surface area contributed by atoms with E-state index in [0.29, 0.717) is 150 Å². The Morgan fingerprint density at radius 3 is 1.05 bits per heavy atom. The van der Waals surface area contributed by atoms with E-state index in [9.17, 15) is 41.9 Å². The Kier molecular flexibility index (Phi) is 26.8. The highest BCUT2D eigenvalue weighted by Crippen LogP contribution is 2.58. The van der Waals surface area contributed by atoms with Crippen molar-refractivity contribution in [2.75, 3.05) is 109 Å². The van der Waals surface area contributed by atoms with Gasteiger partial charge in [-0.3, -0.25) is 43.7 Å². The van der Waals surface area contributed by atoms with Gasteiger partial charge in [0.15, 0.2) is 40.6 Å². The van der Waals surface area contributed by atoms with E-state index < -0.39 is 45.3 Å². The van der Waals surface area contributed by atoms with Crippen LogP contribution in [0.5, 0.6) is 0 Å². The van der Waals surface area contributed by atoms with E-state index in [1.807, 2.05) is 82.4 Å². The summed E-state index contributed by atoms with van der Waals surface area (Å²) in [6.07, 6.45) is 35.9. The Morgan fingerprint density at radius 2 is 0.725 bits per heavy atom. The number of hydrogen-bond donors (Lipinski definition) is 3. The number of anilines is 9. The molecule has 6 amide bonds. The number of imidazole rings is 3. The molecule has 3 spiro atoms. The number of hydrogen-bond acceptors (Lipinski definition) is 21. The maximum absolute atomic E-state index is 15.2. The third kappa shape index (κ3) is 17.8. The molecule has 0 unspecified atom stereocenters. The fraction of sp³-hybridized carbons (Fsp3) is 0.504. The highest BCUT2D eigenvalue weighted by Gasteiger charge is 2.61. The second kappa shape index (κ2) is 40.3. The average Bonchev–Trinajstić information content (AvgIpc) is 1.56. The molecule has 10 fully saturated rings. The summed E-state index contributed by atoms with van der Waals surface area (Å²) in [6, 6.07) is 31.4. The van der Waals surface area contributed by atoms with Crippen LogP contribution in [0, 0.1) is 23.4 Å². The zero-order valence-electron chi connectivity index (χ0n) is 86.4. The van der Waals surface area contributed by atoms with Gasteiger partial charge in [-0.05, 0) is 273 Å². The van der Waals surface area contributed by atoms with Crippen LogP contribution in [0.25, 0.3) is 66.9 Å². The monoisotopic (exact) mass is 2020 g/mol. The van der Waals surface area contributed by atoms with Crippen molar-refractivity contribution in [2.24, 2.45) is 5.92 Å². The molecule has 6 saturated heterocycles. The van der Waals surface area contributed by atoms with Crippen molar-refractivity contribution >= 4 is 120 Å². The van der Waals surface area contributed by atoms with Gasteiger partial charge in [0.1, 0.15) is 16.6 Å². The summed E-state index contributed by atoms with van der Waals surface area (Å²) in [5, 5.41) is 9.62. The Balaban J connectivity index is 0.000000123. The number of carbonyl (C=O) groups excluding carboxylic acids is 6. The number of benzene rings is 3. The highest BCUT2D eigenvalue weighted by molar-refractivity contribution is 6.12. The molecule has 25 rings (SSSR count). The molecule has 4 aliphatic carbocycles. The minimum absolute atomic E-state index is 0.0654. The molecule has 0 atom stereocenters. The van der Waals surface area contributed by atoms with Crippen molar-refractivity contribution in [1.29, 1.82) is 0 Å². The number of fused-ring (bicyclic) bond motifs is 9. The SMILES string of the molecule is CC(C)n1cnc2cc(-c3ccc4c(c3)N(C3CC(N5CCCCC5)C3)C(=O)C43CCN(C(=O)C4(F)CCC4)CC3)nc(Nc3ccncc3F)c21.CCC(=O)N1CCC2(CC1)C(=O)N(C1CC(N3CCCCC3)C1)c1cc(-c3cc4ncn(CC)c4c(Nc4ccncc4F)n3)ccc12.CCn1cnc2cc(-c3ccc4c(c3)N(C3CC(N5CCCCC5)C3)C(=O)C43CCN(C(=O)C(C)C)CC3)nc(Nc3ccncc3F)c21. The molecule has 0 bridgehead atoms. The molecule has 778 valence electrons. The number of aromatic nitrogens is 12. The van der Waals surface area contributed by atoms with Crippen LogP contribution in [0.1, 0.15) is 232 Å². The molecule has 4 saturated carbocycles. The van der Waals surface area contributed by atoms with Crippen LogP contribution in [0.2, 0.25) is 0 Å². The first-order valence-electron chi connectivity index (χ1n) is 54.7. The lowest BCUT2D eigenvalue weighted by molar-refractivity contribution is -0.152. The number of nitrogens with zero attached hydrogens (tertiary/aromatic N) is 21. The first kappa shape index (κ1) is 99.1. The smallest absolute Gasteiger partial charge is 0.260 e. The molecule has 9 aliphatic heterocycles. The number of aryl methyl sites for hydroxylation is 2. The summed E-state index contributed by atoms with van der Waals surface area (Å²) in [4.78, 5) is 143. The zero-order chi connectivity index (χ0) is 103. The molecule has 149 heavy (non-hydrogen) atoms. The number of halogens is 4. The topological polar surface area (TPSA) is 298 Å². The summed E-state index contributed by atoms with van der Waals surface area (Å²) in [5.74, 6) is 0.360. The summed E-state index contributed by atoms with van der Waals surface area (Å²) in [7, 11) is 0. The largest absolute Gasteiger partial charge is 0.343 e. The average molecular weight is 2020 g/mol. The van der Waals surface area contributed by atoms with E-state index in [1.54, 1.807) is 54.5 Å². The quantitative estimate of drug-likeness (QED) is 0.0563. The summed E-state index contributed by atoms with van der Waals surface area (Å²) < 4.78 is 65.5. The Bertz CT molecular complexity index is 7140. The van der Waals surface area contributed by atoms with E-state index >= 15 is 4.39 Å². The normalized spacial score (nSPS) is 22.8. The van der Waals surface area contributed by atoms with Crippen LogP contribution in [-0.4, -0.2) is 244 Å². The maximum Gasteiger partial charge on any atom is 0.260 e. The van der Waals surface area contributed by atoms with Crippen LogP contribution >= 0.6 is 0 Å². The van der Waals surface area contributed by atoms with Gasteiger partial charge >= 0.3 is 0 Å². The number of alkyl halides is 1. The van der Waals surface area contributed by atoms with E-state index in [2.05, 4.69) is 133 Å². The van der Waals surface area contributed by atoms with Crippen molar-refractivity contribution < 1.29 is 46.3 Å². The number of pyridine rings is 6. The van der Waals surface area contributed by atoms with Gasteiger partial charge < -0.3 is 73.8 Å². The molecule has 18 heterocycles. The van der Waals surface area contributed by atoms with Crippen LogP contribution in [0.15, 0.2) is 147 Å². The maximum atomic E-state index is 15.2. The Morgan fingerprint density at radius 1 is 0.389 bits per heavy atom. The van der Waals surface area contributed by atoms with Crippen molar-refractivity contribution in [3.8, 4) is 33.8 Å². The van der Waals surface area contributed by atoms with Gasteiger partial charge in [0, 0.05) is 159 Å². The molecule has 30 nitrogen and oxygen atoms in total. The van der Waals surface area contributed by atoms with Crippen molar-refractivity contribution in [3.05, 3.63) is 181 Å². The minimum Gasteiger partial charge on any atom is -0.343 e. The number of amides is 6. The predicted octanol–water partition coefficient (Wildman–Crippen LogP) is 19.4. The highest BCUT2D eigenvalue weighted by atomic mass is 19.1. The molecule has 9 aromatic heterocycles. The molecule has 3 N–H and O–H groups in total. The van der Waals surface area contributed by atoms with E-state index in [4.69, 9.17) is 19.9 Å². The van der Waals surface area contributed by atoms with Gasteiger partial charge in [-0.1, -0.05) is 76.4 Å². The standard InChI is InChI=1S/C40H46F2N8O2.C38H45FN8O2.C37H43FN8O2/c1-25(2)49-24-44-33-22-32(46-36(35(33)49)45-31-9-14-43-23-30(31)41)26-7-8-29-34(19-26)50(28-20-27(21-28)47-15-4-3-5-16-47)37(51)39(29)12-17-48(18-13-39)38(52)40(42)10-6-11-40;1-4-44-23-41-32-21-31(43-35(34(32)44)42-30-10-13-40-22-29(30)39)25-8-9-28-33(18-25)47(27-19-26(20-27)45-14-6-5-7-15-45)37(49)38(28)11-16-46(17-12-38)36(48)24(2)3;1-3-33(47)45-16-11-37(12-17-45)27-9-8-24(18-32(27)46(36(37)48)26-19-25(20-26)44-14-6-5-7-15-44)30-21-31-34(43(4-2)23-40-31)35(42-30)41-29-10-13-39-22-28(29)38/h7-9,14,19,22-25,27-28H,3-6,10-13,15-18,20-21H2,1-2H3,(H,43,45,46);8-10,13,18,21-24,26-27H,4-7,11-12,14-17,19-20H2,1-3H3,(H,40,42,43);8-10,13,18,21-23,25-26H,3-7,11-12,14-17,19-20H2,1-2H3,(H,39,41,42). The Labute approximate surface area is 866 Å². The van der Waals surface area contributed by atoms with Crippen LogP contribution in [-0.2, 0) is 58.1 Å². The van der Waals surface area contributed by atoms with Crippen LogP contribution < -0.4 is 30.7 Å². The number of carbonyl (C=O) groups is 6. The molecular formula is C115H134F4N24O6. The summed E-state index contributed by atoms with van der Waals surface area (Å²) >= 11 is 0. The lowest BCUT2D eigenvalue weighted by Crippen LogP contribution is -2.59. The second-order valence-electron chi connectivity index (χ2n) is 44.3. The third-order valence-electron chi connectivity index (χ3n) is 35.4. The second-order valence-corrected chi connectivity index (χ2v) is 44.3. The number of nitrogens with one attached hydrogen (secondary N) is 3. The number of rotatable bonds is 21. The van der Waals surface area contributed by atoms with Crippen LogP contribution in [0.3, 0.4) is 0 Å². The van der Waals surface area contributed by atoms with Gasteiger partial charge in [-0.2, -0.15) is 0 Å². The van der Waals surface area contributed by atoms with Gasteiger partial charge in [-0.25, -0.2) is 47.5 Å². The minimum atomic E-state index is -1.74. The molecule has 34 heteroatoms. The molecular weight excluding hydrogens is 1890 g/mol. The van der Waals surface area contributed by atoms with Gasteiger partial charge in [0.05, 0.1) is 105 Å². The van der Waals surface area contributed by atoms with Gasteiger partial charge in [-0.15, -0.1) is 0 Å². The van der Waals surface area contributed by atoms with E-state index in [-0.39, 0.29) is 89.5 Å². The molecule has 0 radical (unpaired) electrons. The molecule has 12 aromatic rings. The van der Waals surface area contributed by atoms with Crippen molar-refractivity contribution in [2.45, 2.75) is 286 Å². The first-order valence-corrected chi connectivity index (χ1v) is 54.7. The predicted molar refractivity (Wildman–Crippen MR) is 568 cm³/mol. The summed E-state index contributed by atoms with van der Waals surface area (Å²) in [6.45, 7) is 25.3. The zero-order valence-corrected chi connectivity index (χ0v) is 86.4. The Hall–Kier alpha value is -13.2. The fourth-order valence-electron chi connectivity index (χ4n) is 26.4. The van der Waals surface area contributed by atoms with Crippen molar-refractivity contribution in [3.63, 3.8) is 0 Å². The lowest BCUT2D eigenvalue weighted by atomic mass is 9.72. The van der Waals surface area contributed by atoms with Gasteiger partial charge in [0.25, 0.3) is 5.91 Å². The first-order chi connectivity index (χ1) is 72.3. The van der Waals surface area contributed by atoms with Crippen molar-refractivity contribution in [1.82, 2.24) is 88.0 Å². The van der Waals surface area contributed by atoms with E-state index in [1.165, 1.54) is 82.6 Å². The molecule has 13 aliphatic rings. The fourth-order valence-corrected chi connectivity index (χ4v) is 26.4. The summed E-state index contributed by atoms with van der Waals surface area (Å²) in [5.41, 5.74) is 12.2. The van der Waals surface area contributed by atoms with Gasteiger partial charge in [0.2, 0.25) is 29.5 Å². The number of piperidine rings is 6. The van der Waals surface area contributed by atoms with E-state index in [0.717, 1.165) is 168 Å². The van der Waals surface area contributed by atoms with Crippen LogP contribution in [0.4, 0.5) is 69.1 Å². The third-order valence-corrected chi connectivity index (χ3v) is 35.4. The lowest BCUT2D eigenvalue weighted by Gasteiger charge is -2.48. The molecule has 3 aromatic carbocycles. The number of likely N-dealkylation sites (tertiary alicyclic amines) is 6.